The Labute approximate surface area is 73.0 Å². The Hall–Kier alpha value is -0.220. The monoisotopic (exact) mass is 178 g/mol. The molecule has 0 aliphatic heterocycles. The van der Waals surface area contributed by atoms with Crippen molar-refractivity contribution < 1.29 is 14.4 Å². The van der Waals surface area contributed by atoms with E-state index in [0.29, 0.717) is 0 Å². The maximum Gasteiger partial charge on any atom is 0.304 e. The van der Waals surface area contributed by atoms with Crippen molar-refractivity contribution in [3.05, 3.63) is 0 Å². The third-order valence-corrected chi connectivity index (χ3v) is 1.51. The molecule has 0 saturated heterocycles. The standard InChI is InChI=1S/C7H15NO2S/c1-8(2,3)5-6(11)4-7(9)10/h6H,4-5H2,1-3H3,(H-,9,10,11)/p+1. The summed E-state index contributed by atoms with van der Waals surface area (Å²) in [6, 6.07) is 0. The molecule has 0 aliphatic rings. The molecule has 0 aromatic carbocycles. The van der Waals surface area contributed by atoms with E-state index in [-0.39, 0.29) is 11.7 Å². The van der Waals surface area contributed by atoms with Crippen molar-refractivity contribution in [2.24, 2.45) is 0 Å². The Morgan fingerprint density at radius 2 is 2.00 bits per heavy atom. The summed E-state index contributed by atoms with van der Waals surface area (Å²) in [5.41, 5.74) is 0. The van der Waals surface area contributed by atoms with Crippen molar-refractivity contribution in [2.45, 2.75) is 11.7 Å². The third-order valence-electron chi connectivity index (χ3n) is 1.17. The molecule has 1 N–H and O–H groups in total. The molecule has 0 rings (SSSR count). The maximum atomic E-state index is 10.2. The number of hydrogen-bond donors (Lipinski definition) is 2. The van der Waals surface area contributed by atoms with Gasteiger partial charge in [-0.3, -0.25) is 4.79 Å². The number of aliphatic carboxylic acids is 1. The molecule has 66 valence electrons. The minimum absolute atomic E-state index is 0.0486. The van der Waals surface area contributed by atoms with E-state index in [1.165, 1.54) is 0 Å². The number of nitrogens with zero attached hydrogens (tertiary/aromatic N) is 1. The van der Waals surface area contributed by atoms with Gasteiger partial charge in [0.1, 0.15) is 0 Å². The molecule has 0 saturated carbocycles. The van der Waals surface area contributed by atoms with Crippen LogP contribution in [-0.4, -0.2) is 48.5 Å². The Kier molecular flexibility index (Phi) is 3.89. The average molecular weight is 178 g/mol. The van der Waals surface area contributed by atoms with Crippen LogP contribution in [0.2, 0.25) is 0 Å². The Morgan fingerprint density at radius 1 is 1.55 bits per heavy atom. The lowest BCUT2D eigenvalue weighted by Gasteiger charge is -2.26. The average Bonchev–Trinajstić information content (AvgIpc) is 1.53. The van der Waals surface area contributed by atoms with Crippen LogP contribution in [0.15, 0.2) is 0 Å². The summed E-state index contributed by atoms with van der Waals surface area (Å²) in [5, 5.41) is 8.38. The maximum absolute atomic E-state index is 10.2. The number of carbonyl (C=O) groups is 1. The van der Waals surface area contributed by atoms with Crippen LogP contribution < -0.4 is 0 Å². The van der Waals surface area contributed by atoms with Crippen molar-refractivity contribution in [1.82, 2.24) is 0 Å². The van der Waals surface area contributed by atoms with Gasteiger partial charge in [-0.15, -0.1) is 0 Å². The van der Waals surface area contributed by atoms with Gasteiger partial charge in [-0.2, -0.15) is 12.6 Å². The first-order chi connectivity index (χ1) is 4.81. The second kappa shape index (κ2) is 3.97. The first kappa shape index (κ1) is 10.8. The highest BCUT2D eigenvalue weighted by Crippen LogP contribution is 2.05. The summed E-state index contributed by atoms with van der Waals surface area (Å²) in [4.78, 5) is 10.2. The van der Waals surface area contributed by atoms with E-state index < -0.39 is 5.97 Å². The van der Waals surface area contributed by atoms with Crippen molar-refractivity contribution >= 4 is 18.6 Å². The Bertz CT molecular complexity index is 142. The molecule has 0 aliphatic carbocycles. The quantitative estimate of drug-likeness (QED) is 0.485. The van der Waals surface area contributed by atoms with Gasteiger partial charge in [-0.05, 0) is 0 Å². The number of hydrogen-bond acceptors (Lipinski definition) is 2. The zero-order valence-electron chi connectivity index (χ0n) is 7.24. The number of quaternary nitrogens is 1. The summed E-state index contributed by atoms with van der Waals surface area (Å²) >= 11 is 4.17. The molecule has 4 heteroatoms. The van der Waals surface area contributed by atoms with Gasteiger partial charge in [0, 0.05) is 0 Å². The van der Waals surface area contributed by atoms with Crippen molar-refractivity contribution in [3.8, 4) is 0 Å². The van der Waals surface area contributed by atoms with Crippen molar-refractivity contribution in [3.63, 3.8) is 0 Å². The van der Waals surface area contributed by atoms with Gasteiger partial charge in [0.15, 0.2) is 0 Å². The summed E-state index contributed by atoms with van der Waals surface area (Å²) < 4.78 is 0.751. The number of rotatable bonds is 4. The fourth-order valence-corrected chi connectivity index (χ4v) is 1.54. The van der Waals surface area contributed by atoms with Gasteiger partial charge in [0.2, 0.25) is 0 Å². The van der Waals surface area contributed by atoms with Gasteiger partial charge in [-0.1, -0.05) is 0 Å². The molecule has 11 heavy (non-hydrogen) atoms. The van der Waals surface area contributed by atoms with E-state index in [4.69, 9.17) is 5.11 Å². The van der Waals surface area contributed by atoms with Crippen molar-refractivity contribution in [2.75, 3.05) is 27.7 Å². The van der Waals surface area contributed by atoms with Crippen LogP contribution in [0.5, 0.6) is 0 Å². The molecule has 0 fully saturated rings. The summed E-state index contributed by atoms with van der Waals surface area (Å²) in [6.07, 6.45) is 0.138. The van der Waals surface area contributed by atoms with E-state index in [0.717, 1.165) is 11.0 Å². The van der Waals surface area contributed by atoms with E-state index in [1.54, 1.807) is 0 Å². The van der Waals surface area contributed by atoms with Crippen LogP contribution in [0.3, 0.4) is 0 Å². The summed E-state index contributed by atoms with van der Waals surface area (Å²) in [6.45, 7) is 0.773. The Balaban J connectivity index is 3.69. The van der Waals surface area contributed by atoms with Crippen LogP contribution in [0, 0.1) is 0 Å². The normalized spacial score (nSPS) is 14.5. The minimum atomic E-state index is -0.779. The largest absolute Gasteiger partial charge is 0.481 e. The van der Waals surface area contributed by atoms with Crippen LogP contribution in [0.1, 0.15) is 6.42 Å². The van der Waals surface area contributed by atoms with Crippen LogP contribution in [0.25, 0.3) is 0 Å². The molecular formula is C7H16NO2S+. The molecule has 1 atom stereocenters. The van der Waals surface area contributed by atoms with Gasteiger partial charge < -0.3 is 9.59 Å². The zero-order valence-corrected chi connectivity index (χ0v) is 8.14. The second-order valence-electron chi connectivity index (χ2n) is 3.72. The fourth-order valence-electron chi connectivity index (χ4n) is 0.898. The lowest BCUT2D eigenvalue weighted by Crippen LogP contribution is -2.40. The van der Waals surface area contributed by atoms with Gasteiger partial charge in [0.25, 0.3) is 0 Å². The minimum Gasteiger partial charge on any atom is -0.481 e. The molecule has 0 radical (unpaired) electrons. The van der Waals surface area contributed by atoms with Gasteiger partial charge >= 0.3 is 5.97 Å². The van der Waals surface area contributed by atoms with Gasteiger partial charge in [0.05, 0.1) is 39.4 Å². The SMILES string of the molecule is C[N+](C)(C)CC(S)CC(=O)O. The van der Waals surface area contributed by atoms with Crippen molar-refractivity contribution in [1.29, 1.82) is 0 Å². The molecule has 0 heterocycles. The predicted octanol–water partition coefficient (Wildman–Crippen LogP) is 0.466. The molecule has 0 aromatic heterocycles. The fraction of sp³-hybridized carbons (Fsp3) is 0.857. The zero-order chi connectivity index (χ0) is 9.07. The van der Waals surface area contributed by atoms with E-state index in [2.05, 4.69) is 12.6 Å². The lowest BCUT2D eigenvalue weighted by molar-refractivity contribution is -0.869. The number of thiol groups is 1. The topological polar surface area (TPSA) is 37.3 Å². The molecule has 0 aromatic rings. The van der Waals surface area contributed by atoms with E-state index >= 15 is 0 Å². The first-order valence-electron chi connectivity index (χ1n) is 3.51. The molecule has 0 bridgehead atoms. The molecule has 0 amide bonds. The Morgan fingerprint density at radius 3 is 2.27 bits per heavy atom. The molecule has 1 unspecified atom stereocenters. The third kappa shape index (κ3) is 7.68. The number of carboxylic acid groups (broad SMARTS) is 1. The summed E-state index contributed by atoms with van der Waals surface area (Å²) in [5.74, 6) is -0.779. The molecule has 3 nitrogen and oxygen atoms in total. The van der Waals surface area contributed by atoms with Crippen LogP contribution in [0.4, 0.5) is 0 Å². The second-order valence-corrected chi connectivity index (χ2v) is 4.45. The highest BCUT2D eigenvalue weighted by Gasteiger charge is 2.16. The van der Waals surface area contributed by atoms with Crippen LogP contribution >= 0.6 is 12.6 Å². The van der Waals surface area contributed by atoms with E-state index in [9.17, 15) is 4.79 Å². The highest BCUT2D eigenvalue weighted by molar-refractivity contribution is 7.81. The van der Waals surface area contributed by atoms with Crippen LogP contribution in [-0.2, 0) is 4.79 Å². The number of carboxylic acids is 1. The highest BCUT2D eigenvalue weighted by atomic mass is 32.1. The predicted molar refractivity (Wildman–Crippen MR) is 47.9 cm³/mol. The summed E-state index contributed by atoms with van der Waals surface area (Å²) in [7, 11) is 6.06. The lowest BCUT2D eigenvalue weighted by atomic mass is 10.3. The first-order valence-corrected chi connectivity index (χ1v) is 4.03. The molecule has 0 spiro atoms. The smallest absolute Gasteiger partial charge is 0.304 e. The molecular weight excluding hydrogens is 162 g/mol. The van der Waals surface area contributed by atoms with Gasteiger partial charge in [-0.25, -0.2) is 0 Å². The van der Waals surface area contributed by atoms with E-state index in [1.807, 2.05) is 21.1 Å².